The summed E-state index contributed by atoms with van der Waals surface area (Å²) in [5.74, 6) is 0. The second-order valence-corrected chi connectivity index (χ2v) is 2.71. The minimum Gasteiger partial charge on any atom is -0.391 e. The van der Waals surface area contributed by atoms with Crippen LogP contribution in [0.1, 0.15) is 12.5 Å². The predicted octanol–water partition coefficient (Wildman–Crippen LogP) is 2.53. The van der Waals surface area contributed by atoms with E-state index in [1.807, 2.05) is 24.4 Å². The quantitative estimate of drug-likeness (QED) is 0.796. The molecule has 0 aliphatic rings. The van der Waals surface area contributed by atoms with Crippen molar-refractivity contribution in [2.24, 2.45) is 0 Å². The second-order valence-electron chi connectivity index (χ2n) is 2.71. The van der Waals surface area contributed by atoms with E-state index in [4.69, 9.17) is 0 Å². The largest absolute Gasteiger partial charge is 0.391 e. The molecule has 14 heavy (non-hydrogen) atoms. The average molecular weight is 193 g/mol. The topological polar surface area (TPSA) is 21.3 Å². The maximum Gasteiger partial charge on any atom is 0.0351 e. The SMILES string of the molecule is CCNC=Cc1ccccc1.COC. The van der Waals surface area contributed by atoms with Gasteiger partial charge in [0.1, 0.15) is 0 Å². The van der Waals surface area contributed by atoms with E-state index in [1.54, 1.807) is 14.2 Å². The van der Waals surface area contributed by atoms with Crippen molar-refractivity contribution in [3.63, 3.8) is 0 Å². The first kappa shape index (κ1) is 12.7. The fourth-order valence-electron chi connectivity index (χ4n) is 0.837. The number of hydrogen-bond acceptors (Lipinski definition) is 2. The van der Waals surface area contributed by atoms with Gasteiger partial charge in [-0.05, 0) is 24.8 Å². The molecule has 1 aromatic carbocycles. The van der Waals surface area contributed by atoms with E-state index in [-0.39, 0.29) is 0 Å². The van der Waals surface area contributed by atoms with E-state index in [9.17, 15) is 0 Å². The molecule has 0 aliphatic carbocycles. The Bertz CT molecular complexity index is 231. The lowest BCUT2D eigenvalue weighted by Crippen LogP contribution is -2.00. The Morgan fingerprint density at radius 3 is 2.29 bits per heavy atom. The fourth-order valence-corrected chi connectivity index (χ4v) is 0.837. The molecule has 1 N–H and O–H groups in total. The summed E-state index contributed by atoms with van der Waals surface area (Å²) < 4.78 is 4.25. The molecule has 0 saturated heterocycles. The normalized spacial score (nSPS) is 9.36. The van der Waals surface area contributed by atoms with Crippen molar-refractivity contribution in [2.75, 3.05) is 20.8 Å². The van der Waals surface area contributed by atoms with E-state index in [0.717, 1.165) is 6.54 Å². The molecule has 0 atom stereocenters. The van der Waals surface area contributed by atoms with E-state index < -0.39 is 0 Å². The third-order valence-electron chi connectivity index (χ3n) is 1.40. The molecule has 0 bridgehead atoms. The Kier molecular flexibility index (Phi) is 8.91. The van der Waals surface area contributed by atoms with E-state index in [0.29, 0.717) is 0 Å². The lowest BCUT2D eigenvalue weighted by Gasteiger charge is -1.92. The lowest BCUT2D eigenvalue weighted by atomic mass is 10.2. The van der Waals surface area contributed by atoms with Crippen LogP contribution in [-0.4, -0.2) is 20.8 Å². The van der Waals surface area contributed by atoms with Crippen LogP contribution < -0.4 is 5.32 Å². The first-order valence-electron chi connectivity index (χ1n) is 4.70. The van der Waals surface area contributed by atoms with Gasteiger partial charge in [-0.15, -0.1) is 0 Å². The summed E-state index contributed by atoms with van der Waals surface area (Å²) in [5.41, 5.74) is 1.23. The molecule has 0 amide bonds. The van der Waals surface area contributed by atoms with Crippen molar-refractivity contribution in [1.29, 1.82) is 0 Å². The van der Waals surface area contributed by atoms with Gasteiger partial charge >= 0.3 is 0 Å². The van der Waals surface area contributed by atoms with Crippen LogP contribution in [0.5, 0.6) is 0 Å². The van der Waals surface area contributed by atoms with Gasteiger partial charge in [0.05, 0.1) is 0 Å². The zero-order valence-electron chi connectivity index (χ0n) is 9.16. The van der Waals surface area contributed by atoms with E-state index >= 15 is 0 Å². The molecule has 78 valence electrons. The third kappa shape index (κ3) is 7.37. The van der Waals surface area contributed by atoms with Crippen molar-refractivity contribution in [1.82, 2.24) is 5.32 Å². The highest BCUT2D eigenvalue weighted by Crippen LogP contribution is 1.99. The molecule has 1 aromatic rings. The summed E-state index contributed by atoms with van der Waals surface area (Å²) in [4.78, 5) is 0. The van der Waals surface area contributed by atoms with Crippen LogP contribution in [0, 0.1) is 0 Å². The molecule has 0 spiro atoms. The number of nitrogens with one attached hydrogen (secondary N) is 1. The van der Waals surface area contributed by atoms with E-state index in [1.165, 1.54) is 5.56 Å². The minimum atomic E-state index is 0.976. The minimum absolute atomic E-state index is 0.976. The van der Waals surface area contributed by atoms with Gasteiger partial charge in [0.2, 0.25) is 0 Å². The van der Waals surface area contributed by atoms with Crippen LogP contribution in [0.15, 0.2) is 36.5 Å². The number of rotatable bonds is 3. The van der Waals surface area contributed by atoms with Crippen LogP contribution in [0.25, 0.3) is 6.08 Å². The van der Waals surface area contributed by atoms with Gasteiger partial charge in [-0.1, -0.05) is 30.3 Å². The molecule has 0 saturated carbocycles. The van der Waals surface area contributed by atoms with Gasteiger partial charge in [0.15, 0.2) is 0 Å². The highest BCUT2D eigenvalue weighted by molar-refractivity contribution is 5.48. The molecular weight excluding hydrogens is 174 g/mol. The van der Waals surface area contributed by atoms with Gasteiger partial charge in [-0.3, -0.25) is 0 Å². The van der Waals surface area contributed by atoms with Gasteiger partial charge in [-0.25, -0.2) is 0 Å². The van der Waals surface area contributed by atoms with Crippen LogP contribution in [-0.2, 0) is 4.74 Å². The average Bonchev–Trinajstić information content (AvgIpc) is 2.21. The summed E-state index contributed by atoms with van der Waals surface area (Å²) in [6, 6.07) is 10.2. The van der Waals surface area contributed by atoms with Gasteiger partial charge in [0, 0.05) is 20.8 Å². The van der Waals surface area contributed by atoms with E-state index in [2.05, 4.69) is 35.2 Å². The Morgan fingerprint density at radius 2 is 1.79 bits per heavy atom. The number of hydrogen-bond donors (Lipinski definition) is 1. The number of methoxy groups -OCH3 is 1. The summed E-state index contributed by atoms with van der Waals surface area (Å²) in [6.45, 7) is 3.05. The maximum atomic E-state index is 4.25. The molecule has 0 heterocycles. The van der Waals surface area contributed by atoms with Crippen molar-refractivity contribution in [2.45, 2.75) is 6.92 Å². The molecule has 0 fully saturated rings. The van der Waals surface area contributed by atoms with Crippen molar-refractivity contribution < 1.29 is 4.74 Å². The van der Waals surface area contributed by atoms with Gasteiger partial charge < -0.3 is 10.1 Å². The molecule has 2 nitrogen and oxygen atoms in total. The predicted molar refractivity (Wildman–Crippen MR) is 62.1 cm³/mol. The molecule has 0 radical (unpaired) electrons. The van der Waals surface area contributed by atoms with Crippen molar-refractivity contribution in [3.8, 4) is 0 Å². The molecule has 0 aliphatic heterocycles. The fraction of sp³-hybridized carbons (Fsp3) is 0.333. The molecule has 1 rings (SSSR count). The third-order valence-corrected chi connectivity index (χ3v) is 1.40. The standard InChI is InChI=1S/C10H13N.C2H6O/c1-2-11-9-8-10-6-4-3-5-7-10;1-3-2/h3-9,11H,2H2,1H3;1-2H3. The highest BCUT2D eigenvalue weighted by Gasteiger charge is 1.79. The summed E-state index contributed by atoms with van der Waals surface area (Å²) in [7, 11) is 3.25. The molecular formula is C12H19NO. The van der Waals surface area contributed by atoms with Gasteiger partial charge in [-0.2, -0.15) is 0 Å². The van der Waals surface area contributed by atoms with Crippen LogP contribution >= 0.6 is 0 Å². The smallest absolute Gasteiger partial charge is 0.0351 e. The summed E-state index contributed by atoms with van der Waals surface area (Å²) >= 11 is 0. The monoisotopic (exact) mass is 193 g/mol. The molecule has 0 aromatic heterocycles. The van der Waals surface area contributed by atoms with Crippen LogP contribution in [0.4, 0.5) is 0 Å². The second kappa shape index (κ2) is 9.81. The molecule has 2 heteroatoms. The summed E-state index contributed by atoms with van der Waals surface area (Å²) in [5, 5.41) is 3.12. The first-order chi connectivity index (χ1) is 6.85. The van der Waals surface area contributed by atoms with Crippen molar-refractivity contribution >= 4 is 6.08 Å². The van der Waals surface area contributed by atoms with Crippen LogP contribution in [0.3, 0.4) is 0 Å². The zero-order valence-corrected chi connectivity index (χ0v) is 9.16. The Labute approximate surface area is 86.6 Å². The number of benzene rings is 1. The summed E-state index contributed by atoms with van der Waals surface area (Å²) in [6.07, 6.45) is 4.03. The maximum absolute atomic E-state index is 4.25. The van der Waals surface area contributed by atoms with Crippen LogP contribution in [0.2, 0.25) is 0 Å². The Hall–Kier alpha value is -1.28. The van der Waals surface area contributed by atoms with Crippen molar-refractivity contribution in [3.05, 3.63) is 42.1 Å². The first-order valence-corrected chi connectivity index (χ1v) is 4.70. The number of ether oxygens (including phenoxy) is 1. The molecule has 0 unspecified atom stereocenters. The lowest BCUT2D eigenvalue weighted by molar-refractivity contribution is 0.277. The zero-order chi connectivity index (χ0) is 10.6. The Balaban J connectivity index is 0.000000500. The Morgan fingerprint density at radius 1 is 1.21 bits per heavy atom. The van der Waals surface area contributed by atoms with Gasteiger partial charge in [0.25, 0.3) is 0 Å². The highest BCUT2D eigenvalue weighted by atomic mass is 16.4.